The number of hydrogen-bond acceptors (Lipinski definition) is 3. The molecule has 21 heavy (non-hydrogen) atoms. The highest BCUT2D eigenvalue weighted by Gasteiger charge is 2.30. The largest absolute Gasteiger partial charge is 0.440 e. The van der Waals surface area contributed by atoms with E-state index in [0.29, 0.717) is 5.69 Å². The summed E-state index contributed by atoms with van der Waals surface area (Å²) in [7, 11) is 0. The number of anilines is 2. The predicted molar refractivity (Wildman–Crippen MR) is 68.8 cm³/mol. The van der Waals surface area contributed by atoms with Crippen molar-refractivity contribution in [3.63, 3.8) is 0 Å². The fourth-order valence-corrected chi connectivity index (χ4v) is 1.53. The van der Waals surface area contributed by atoms with Crippen LogP contribution in [0.5, 0.6) is 0 Å². The molecule has 0 unspecified atom stereocenters. The quantitative estimate of drug-likeness (QED) is 0.898. The Bertz CT molecular complexity index is 524. The summed E-state index contributed by atoms with van der Waals surface area (Å²) >= 11 is 0. The first-order chi connectivity index (χ1) is 9.83. The SMILES string of the molecule is O=C(Nc1ccc(NC(=O)C2CC2)cc1)OCC(F)(F)F. The van der Waals surface area contributed by atoms with E-state index in [-0.39, 0.29) is 17.5 Å². The molecule has 0 aromatic heterocycles. The molecule has 0 radical (unpaired) electrons. The normalized spacial score (nSPS) is 14.4. The molecule has 2 N–H and O–H groups in total. The Balaban J connectivity index is 1.81. The molecule has 2 rings (SSSR count). The lowest BCUT2D eigenvalue weighted by Crippen LogP contribution is -2.23. The summed E-state index contributed by atoms with van der Waals surface area (Å²) in [6, 6.07) is 5.99. The predicted octanol–water partition coefficient (Wildman–Crippen LogP) is 3.15. The Kier molecular flexibility index (Phi) is 4.35. The van der Waals surface area contributed by atoms with Crippen LogP contribution in [0.25, 0.3) is 0 Å². The molecule has 1 aromatic rings. The average Bonchev–Trinajstić information content (AvgIpc) is 3.22. The van der Waals surface area contributed by atoms with Crippen molar-refractivity contribution in [2.24, 2.45) is 5.92 Å². The van der Waals surface area contributed by atoms with Crippen LogP contribution in [-0.2, 0) is 9.53 Å². The van der Waals surface area contributed by atoms with Crippen LogP contribution < -0.4 is 10.6 Å². The molecule has 0 aliphatic heterocycles. The van der Waals surface area contributed by atoms with Crippen LogP contribution in [0, 0.1) is 5.92 Å². The summed E-state index contributed by atoms with van der Waals surface area (Å²) in [5, 5.41) is 4.85. The van der Waals surface area contributed by atoms with Crippen LogP contribution in [0.4, 0.5) is 29.3 Å². The number of benzene rings is 1. The van der Waals surface area contributed by atoms with Gasteiger partial charge in [-0.1, -0.05) is 0 Å². The lowest BCUT2D eigenvalue weighted by atomic mass is 10.2. The molecule has 5 nitrogen and oxygen atoms in total. The van der Waals surface area contributed by atoms with Crippen LogP contribution in [0.1, 0.15) is 12.8 Å². The molecular formula is C13H13F3N2O3. The monoisotopic (exact) mass is 302 g/mol. The first kappa shape index (κ1) is 15.1. The van der Waals surface area contributed by atoms with E-state index in [9.17, 15) is 22.8 Å². The van der Waals surface area contributed by atoms with E-state index in [1.165, 1.54) is 12.1 Å². The Morgan fingerprint density at radius 3 is 2.10 bits per heavy atom. The number of nitrogens with one attached hydrogen (secondary N) is 2. The highest BCUT2D eigenvalue weighted by atomic mass is 19.4. The van der Waals surface area contributed by atoms with Crippen LogP contribution in [0.15, 0.2) is 24.3 Å². The number of ether oxygens (including phenoxy) is 1. The number of amides is 2. The van der Waals surface area contributed by atoms with E-state index in [0.717, 1.165) is 12.8 Å². The van der Waals surface area contributed by atoms with Crippen LogP contribution in [0.2, 0.25) is 0 Å². The van der Waals surface area contributed by atoms with E-state index in [2.05, 4.69) is 15.4 Å². The standard InChI is InChI=1S/C13H13F3N2O3/c14-13(15,16)7-21-12(20)18-10-5-3-9(4-6-10)17-11(19)8-1-2-8/h3-6,8H,1-2,7H2,(H,17,19)(H,18,20). The van der Waals surface area contributed by atoms with Crippen molar-refractivity contribution in [3.8, 4) is 0 Å². The fraction of sp³-hybridized carbons (Fsp3) is 0.385. The zero-order valence-electron chi connectivity index (χ0n) is 10.9. The van der Waals surface area contributed by atoms with Crippen molar-refractivity contribution < 1.29 is 27.5 Å². The van der Waals surface area contributed by atoms with E-state index < -0.39 is 18.9 Å². The molecule has 114 valence electrons. The molecule has 1 aromatic carbocycles. The van der Waals surface area contributed by atoms with Crippen molar-refractivity contribution in [1.29, 1.82) is 0 Å². The van der Waals surface area contributed by atoms with E-state index >= 15 is 0 Å². The molecular weight excluding hydrogens is 289 g/mol. The molecule has 0 bridgehead atoms. The average molecular weight is 302 g/mol. The van der Waals surface area contributed by atoms with Gasteiger partial charge < -0.3 is 10.1 Å². The second-order valence-electron chi connectivity index (χ2n) is 4.66. The number of carbonyl (C=O) groups excluding carboxylic acids is 2. The topological polar surface area (TPSA) is 67.4 Å². The smallest absolute Gasteiger partial charge is 0.422 e. The van der Waals surface area contributed by atoms with Crippen molar-refractivity contribution in [2.45, 2.75) is 19.0 Å². The third kappa shape index (κ3) is 5.33. The summed E-state index contributed by atoms with van der Waals surface area (Å²) in [5.41, 5.74) is 0.827. The maximum absolute atomic E-state index is 11.9. The van der Waals surface area contributed by atoms with Crippen LogP contribution >= 0.6 is 0 Å². The van der Waals surface area contributed by atoms with E-state index in [1.807, 2.05) is 0 Å². The van der Waals surface area contributed by atoms with Crippen molar-refractivity contribution >= 4 is 23.4 Å². The lowest BCUT2D eigenvalue weighted by Gasteiger charge is -2.10. The van der Waals surface area contributed by atoms with Gasteiger partial charge in [0.1, 0.15) is 0 Å². The second-order valence-corrected chi connectivity index (χ2v) is 4.66. The summed E-state index contributed by atoms with van der Waals surface area (Å²) < 4.78 is 39.6. The van der Waals surface area contributed by atoms with Gasteiger partial charge >= 0.3 is 12.3 Å². The summed E-state index contributed by atoms with van der Waals surface area (Å²) in [5.74, 6) is 0.0143. The molecule has 1 fully saturated rings. The number of halogens is 3. The Morgan fingerprint density at radius 1 is 1.10 bits per heavy atom. The van der Waals surface area contributed by atoms with Crippen LogP contribution in [0.3, 0.4) is 0 Å². The van der Waals surface area contributed by atoms with Gasteiger partial charge in [-0.25, -0.2) is 4.79 Å². The zero-order valence-corrected chi connectivity index (χ0v) is 10.9. The second kappa shape index (κ2) is 6.02. The maximum Gasteiger partial charge on any atom is 0.422 e. The summed E-state index contributed by atoms with van der Waals surface area (Å²) in [6.07, 6.45) is -3.98. The minimum atomic E-state index is -4.56. The molecule has 1 aliphatic carbocycles. The summed E-state index contributed by atoms with van der Waals surface area (Å²) in [6.45, 7) is -1.64. The number of carbonyl (C=O) groups is 2. The van der Waals surface area contributed by atoms with E-state index in [4.69, 9.17) is 0 Å². The molecule has 1 aliphatic rings. The molecule has 0 spiro atoms. The Labute approximate surface area is 118 Å². The van der Waals surface area contributed by atoms with Gasteiger partial charge in [-0.3, -0.25) is 10.1 Å². The molecule has 8 heteroatoms. The number of rotatable bonds is 4. The third-order valence-corrected chi connectivity index (χ3v) is 2.71. The van der Waals surface area contributed by atoms with Gasteiger partial charge in [-0.2, -0.15) is 13.2 Å². The van der Waals surface area contributed by atoms with Crippen molar-refractivity contribution in [2.75, 3.05) is 17.2 Å². The van der Waals surface area contributed by atoms with Gasteiger partial charge in [0.2, 0.25) is 5.91 Å². The molecule has 0 heterocycles. The highest BCUT2D eigenvalue weighted by molar-refractivity contribution is 5.94. The van der Waals surface area contributed by atoms with Gasteiger partial charge in [0, 0.05) is 17.3 Å². The molecule has 1 saturated carbocycles. The van der Waals surface area contributed by atoms with Gasteiger partial charge in [0.25, 0.3) is 0 Å². The first-order valence-corrected chi connectivity index (χ1v) is 6.25. The van der Waals surface area contributed by atoms with Gasteiger partial charge in [0.05, 0.1) is 0 Å². The van der Waals surface area contributed by atoms with Crippen molar-refractivity contribution in [1.82, 2.24) is 0 Å². The van der Waals surface area contributed by atoms with Crippen molar-refractivity contribution in [3.05, 3.63) is 24.3 Å². The van der Waals surface area contributed by atoms with Gasteiger partial charge in [-0.05, 0) is 37.1 Å². The van der Waals surface area contributed by atoms with Gasteiger partial charge in [-0.15, -0.1) is 0 Å². The molecule has 0 atom stereocenters. The lowest BCUT2D eigenvalue weighted by molar-refractivity contribution is -0.159. The van der Waals surface area contributed by atoms with Gasteiger partial charge in [0.15, 0.2) is 6.61 Å². The highest BCUT2D eigenvalue weighted by Crippen LogP contribution is 2.30. The fourth-order valence-electron chi connectivity index (χ4n) is 1.53. The molecule has 2 amide bonds. The Hall–Kier alpha value is -2.25. The minimum Gasteiger partial charge on any atom is -0.440 e. The third-order valence-electron chi connectivity index (χ3n) is 2.71. The summed E-state index contributed by atoms with van der Waals surface area (Å²) in [4.78, 5) is 22.6. The number of hydrogen-bond donors (Lipinski definition) is 2. The minimum absolute atomic E-state index is 0.0553. The maximum atomic E-state index is 11.9. The Morgan fingerprint density at radius 2 is 1.62 bits per heavy atom. The van der Waals surface area contributed by atoms with Crippen LogP contribution in [-0.4, -0.2) is 24.8 Å². The van der Waals surface area contributed by atoms with E-state index in [1.54, 1.807) is 12.1 Å². The zero-order chi connectivity index (χ0) is 15.5. The molecule has 0 saturated heterocycles. The number of alkyl halides is 3. The first-order valence-electron chi connectivity index (χ1n) is 6.25.